The first-order valence-electron chi connectivity index (χ1n) is 22.6. The number of nitrogens with one attached hydrogen (secondary N) is 1. The molecule has 0 bridgehead atoms. The molecule has 12 rings (SSSR count). The maximum Gasteiger partial charge on any atom is 0.156 e. The van der Waals surface area contributed by atoms with Crippen molar-refractivity contribution in [1.82, 2.24) is 9.88 Å². The van der Waals surface area contributed by atoms with Gasteiger partial charge in [0.25, 0.3) is 0 Å². The number of hydrogen-bond donors (Lipinski definition) is 1. The van der Waals surface area contributed by atoms with E-state index in [0.29, 0.717) is 5.92 Å². The van der Waals surface area contributed by atoms with E-state index in [2.05, 4.69) is 227 Å². The zero-order chi connectivity index (χ0) is 42.4. The number of benzene rings is 7. The molecule has 8 aromatic rings. The Hall–Kier alpha value is -7.76. The first kappa shape index (κ1) is 38.0. The molecule has 0 fully saturated rings. The lowest BCUT2D eigenvalue weighted by molar-refractivity contribution is 0.392. The summed E-state index contributed by atoms with van der Waals surface area (Å²) in [6.07, 6.45) is 13.0. The molecule has 4 aliphatic rings. The topological polar surface area (TPSA) is 44.9 Å². The third-order valence-electron chi connectivity index (χ3n) is 13.4. The first-order valence-corrected chi connectivity index (χ1v) is 22.6. The Labute approximate surface area is 375 Å². The van der Waals surface area contributed by atoms with E-state index >= 15 is 0 Å². The minimum atomic E-state index is -0.0270. The predicted octanol–water partition coefficient (Wildman–Crippen LogP) is 14.4. The van der Waals surface area contributed by atoms with E-state index in [4.69, 9.17) is 9.98 Å². The molecule has 3 aliphatic heterocycles. The molecular formula is C59H47N5. The monoisotopic (exact) mass is 825 g/mol. The summed E-state index contributed by atoms with van der Waals surface area (Å²) in [4.78, 5) is 13.1. The molecule has 0 radical (unpaired) electrons. The van der Waals surface area contributed by atoms with E-state index in [0.717, 1.165) is 65.2 Å². The fourth-order valence-electron chi connectivity index (χ4n) is 10.5. The highest BCUT2D eigenvalue weighted by Crippen LogP contribution is 2.55. The molecule has 0 saturated heterocycles. The molecule has 3 unspecified atom stereocenters. The van der Waals surface area contributed by atoms with Crippen LogP contribution in [0.1, 0.15) is 70.9 Å². The fourth-order valence-corrected chi connectivity index (χ4v) is 10.5. The van der Waals surface area contributed by atoms with E-state index in [9.17, 15) is 0 Å². The van der Waals surface area contributed by atoms with Crippen molar-refractivity contribution >= 4 is 34.7 Å². The molecule has 0 amide bonds. The first-order chi connectivity index (χ1) is 31.8. The molecule has 308 valence electrons. The number of anilines is 3. The molecule has 5 nitrogen and oxygen atoms in total. The third-order valence-corrected chi connectivity index (χ3v) is 13.4. The lowest BCUT2D eigenvalue weighted by atomic mass is 9.92. The molecule has 1 aromatic heterocycles. The van der Waals surface area contributed by atoms with Crippen molar-refractivity contribution in [2.75, 3.05) is 4.90 Å². The van der Waals surface area contributed by atoms with Crippen molar-refractivity contribution < 1.29 is 0 Å². The van der Waals surface area contributed by atoms with Crippen molar-refractivity contribution in [2.24, 2.45) is 9.98 Å². The maximum atomic E-state index is 5.35. The van der Waals surface area contributed by atoms with Gasteiger partial charge in [-0.25, -0.2) is 4.99 Å². The summed E-state index contributed by atoms with van der Waals surface area (Å²) >= 11 is 0. The summed E-state index contributed by atoms with van der Waals surface area (Å²) in [6.45, 7) is 0. The summed E-state index contributed by atoms with van der Waals surface area (Å²) < 4.78 is 2.63. The summed E-state index contributed by atoms with van der Waals surface area (Å²) in [5.41, 5.74) is 19.3. The van der Waals surface area contributed by atoms with Crippen LogP contribution in [0.4, 0.5) is 17.1 Å². The molecule has 4 heterocycles. The fraction of sp³-hybridized carbons (Fsp3) is 0.119. The molecule has 64 heavy (non-hydrogen) atoms. The Morgan fingerprint density at radius 3 is 1.94 bits per heavy atom. The highest BCUT2D eigenvalue weighted by Gasteiger charge is 2.36. The van der Waals surface area contributed by atoms with Gasteiger partial charge in [0.05, 0.1) is 28.8 Å². The van der Waals surface area contributed by atoms with Crippen LogP contribution in [-0.2, 0) is 6.42 Å². The quantitative estimate of drug-likeness (QED) is 0.174. The second-order valence-corrected chi connectivity index (χ2v) is 17.2. The molecule has 7 aromatic carbocycles. The van der Waals surface area contributed by atoms with Gasteiger partial charge in [-0.05, 0) is 89.2 Å². The summed E-state index contributed by atoms with van der Waals surface area (Å²) in [7, 11) is 0. The van der Waals surface area contributed by atoms with Crippen LogP contribution in [0.2, 0.25) is 0 Å². The summed E-state index contributed by atoms with van der Waals surface area (Å²) in [5.74, 6) is 1.08. The maximum absolute atomic E-state index is 5.35. The summed E-state index contributed by atoms with van der Waals surface area (Å²) in [6, 6.07) is 67.8. The van der Waals surface area contributed by atoms with Crippen LogP contribution in [0.15, 0.2) is 216 Å². The highest BCUT2D eigenvalue weighted by molar-refractivity contribution is 6.16. The smallest absolute Gasteiger partial charge is 0.156 e. The lowest BCUT2D eigenvalue weighted by Gasteiger charge is -2.32. The number of amidine groups is 1. The Bertz CT molecular complexity index is 3140. The van der Waals surface area contributed by atoms with E-state index in [1.807, 2.05) is 0 Å². The van der Waals surface area contributed by atoms with Crippen LogP contribution in [0.3, 0.4) is 0 Å². The molecule has 0 saturated carbocycles. The van der Waals surface area contributed by atoms with Gasteiger partial charge >= 0.3 is 0 Å². The van der Waals surface area contributed by atoms with E-state index in [1.165, 1.54) is 56.1 Å². The minimum absolute atomic E-state index is 0.0270. The van der Waals surface area contributed by atoms with Crippen LogP contribution in [0, 0.1) is 0 Å². The minimum Gasteiger partial charge on any atom is -0.371 e. The number of allylic oxidation sites excluding steroid dienone is 2. The van der Waals surface area contributed by atoms with Crippen LogP contribution < -0.4 is 10.2 Å². The van der Waals surface area contributed by atoms with Crippen LogP contribution in [0.5, 0.6) is 0 Å². The predicted molar refractivity (Wildman–Crippen MR) is 265 cm³/mol. The van der Waals surface area contributed by atoms with Crippen molar-refractivity contribution in [2.45, 2.75) is 43.8 Å². The average Bonchev–Trinajstić information content (AvgIpc) is 3.66. The zero-order valence-corrected chi connectivity index (χ0v) is 35.6. The SMILES string of the molecule is C1=Cc2c(c3c(n2C2CC(c4ccccc4)C=CN2)-c2ccccc2N(c2ccc(-c4ccccc4C4=NC(c5ccccc5)CC(c5ccccc5)=N4)cc2)c2ccccc2-3)CC1. The van der Waals surface area contributed by atoms with Crippen molar-refractivity contribution in [3.63, 3.8) is 0 Å². The van der Waals surface area contributed by atoms with E-state index < -0.39 is 0 Å². The Balaban J connectivity index is 0.965. The van der Waals surface area contributed by atoms with Gasteiger partial charge in [-0.3, -0.25) is 4.99 Å². The molecule has 0 spiro atoms. The van der Waals surface area contributed by atoms with Gasteiger partial charge in [-0.2, -0.15) is 0 Å². The van der Waals surface area contributed by atoms with Crippen LogP contribution in [-0.4, -0.2) is 16.1 Å². The Morgan fingerprint density at radius 2 is 1.19 bits per heavy atom. The second-order valence-electron chi connectivity index (χ2n) is 17.2. The lowest BCUT2D eigenvalue weighted by Crippen LogP contribution is -2.29. The summed E-state index contributed by atoms with van der Waals surface area (Å²) in [5, 5.41) is 3.83. The number of nitrogens with zero attached hydrogens (tertiary/aromatic N) is 4. The number of aromatic nitrogens is 1. The van der Waals surface area contributed by atoms with Crippen LogP contribution in [0.25, 0.3) is 39.6 Å². The second kappa shape index (κ2) is 16.2. The van der Waals surface area contributed by atoms with Crippen molar-refractivity contribution in [1.29, 1.82) is 0 Å². The number of aliphatic imine (C=N–C) groups is 2. The van der Waals surface area contributed by atoms with Crippen molar-refractivity contribution in [3.05, 3.63) is 240 Å². The molecule has 3 atom stereocenters. The van der Waals surface area contributed by atoms with Gasteiger partial charge in [0.2, 0.25) is 0 Å². The van der Waals surface area contributed by atoms with Gasteiger partial charge in [-0.15, -0.1) is 0 Å². The van der Waals surface area contributed by atoms with E-state index in [1.54, 1.807) is 0 Å². The highest BCUT2D eigenvalue weighted by atomic mass is 15.2. The standard InChI is InChI=1S/C59H47N5/c1-4-18-40(19-5-1)44-36-37-60-56(38-44)64-54-30-16-13-27-49(54)57-48-26-12-15-29-53(48)63(55-31-17-14-28-50(55)58(57)64)45-34-32-41(33-35-45)46-24-10-11-25-47(46)59-61-51(42-20-6-2-7-21-42)39-52(62-59)43-22-8-3-9-23-43/h1-12,14-26,28-37,44,51,56,60H,13,27,38-39H2. The number of fused-ring (bicyclic) bond motifs is 7. The largest absolute Gasteiger partial charge is 0.371 e. The average molecular weight is 826 g/mol. The van der Waals surface area contributed by atoms with E-state index in [-0.39, 0.29) is 12.2 Å². The zero-order valence-electron chi connectivity index (χ0n) is 35.6. The Morgan fingerprint density at radius 1 is 0.562 bits per heavy atom. The number of para-hydroxylation sites is 2. The molecule has 5 heteroatoms. The molecule has 1 aliphatic carbocycles. The number of hydrogen-bond acceptors (Lipinski definition) is 4. The van der Waals surface area contributed by atoms with Gasteiger partial charge in [0.1, 0.15) is 6.17 Å². The van der Waals surface area contributed by atoms with Gasteiger partial charge in [0.15, 0.2) is 5.84 Å². The Kier molecular flexibility index (Phi) is 9.59. The van der Waals surface area contributed by atoms with Crippen molar-refractivity contribution in [3.8, 4) is 33.5 Å². The van der Waals surface area contributed by atoms with Gasteiger partial charge in [-0.1, -0.05) is 176 Å². The van der Waals surface area contributed by atoms with Gasteiger partial charge < -0.3 is 14.8 Å². The molecular weight excluding hydrogens is 779 g/mol. The number of rotatable bonds is 7. The normalized spacial score (nSPS) is 18.4. The third kappa shape index (κ3) is 6.63. The van der Waals surface area contributed by atoms with Gasteiger partial charge in [0, 0.05) is 46.0 Å². The van der Waals surface area contributed by atoms with Crippen LogP contribution >= 0.6 is 0 Å². The molecule has 1 N–H and O–H groups in total.